The molecule has 5 nitrogen and oxygen atoms in total. The summed E-state index contributed by atoms with van der Waals surface area (Å²) in [6, 6.07) is 13.4. The fraction of sp³-hybridized carbons (Fsp3) is 0.333. The molecule has 1 aromatic carbocycles. The minimum absolute atomic E-state index is 0.0269. The molecule has 0 spiro atoms. The number of anilines is 2. The molecule has 2 aromatic rings. The zero-order chi connectivity index (χ0) is 16.9. The van der Waals surface area contributed by atoms with Crippen LogP contribution in [0.15, 0.2) is 47.8 Å². The summed E-state index contributed by atoms with van der Waals surface area (Å²) in [5.74, 6) is 0.0977. The van der Waals surface area contributed by atoms with E-state index in [9.17, 15) is 9.59 Å². The number of nitrogens with one attached hydrogen (secondary N) is 1. The van der Waals surface area contributed by atoms with Gasteiger partial charge in [-0.25, -0.2) is 4.79 Å². The van der Waals surface area contributed by atoms with E-state index in [2.05, 4.69) is 5.32 Å². The summed E-state index contributed by atoms with van der Waals surface area (Å²) in [6.07, 6.45) is 1.40. The zero-order valence-electron chi connectivity index (χ0n) is 13.6. The molecular weight excluding hydrogens is 322 g/mol. The number of likely N-dealkylation sites (tertiary alicyclic amines) is 1. The fourth-order valence-electron chi connectivity index (χ4n) is 2.92. The topological polar surface area (TPSA) is 52.7 Å². The zero-order valence-corrected chi connectivity index (χ0v) is 14.5. The van der Waals surface area contributed by atoms with Crippen LogP contribution >= 0.6 is 11.3 Å². The van der Waals surface area contributed by atoms with Gasteiger partial charge in [0, 0.05) is 31.7 Å². The molecule has 0 unspecified atom stereocenters. The van der Waals surface area contributed by atoms with Crippen molar-refractivity contribution in [1.82, 2.24) is 4.90 Å². The number of rotatable bonds is 3. The molecule has 6 heteroatoms. The van der Waals surface area contributed by atoms with Crippen molar-refractivity contribution in [2.24, 2.45) is 5.92 Å². The maximum atomic E-state index is 12.6. The second kappa shape index (κ2) is 7.49. The van der Waals surface area contributed by atoms with E-state index in [0.29, 0.717) is 25.9 Å². The van der Waals surface area contributed by atoms with Crippen LogP contribution in [0.2, 0.25) is 0 Å². The number of nitrogens with zero attached hydrogens (tertiary/aromatic N) is 2. The quantitative estimate of drug-likeness (QED) is 0.925. The lowest BCUT2D eigenvalue weighted by Crippen LogP contribution is -2.45. The van der Waals surface area contributed by atoms with Crippen molar-refractivity contribution in [2.45, 2.75) is 12.8 Å². The Labute approximate surface area is 145 Å². The smallest absolute Gasteiger partial charge is 0.322 e. The van der Waals surface area contributed by atoms with Gasteiger partial charge in [0.1, 0.15) is 0 Å². The van der Waals surface area contributed by atoms with Gasteiger partial charge in [0.05, 0.1) is 5.00 Å². The predicted molar refractivity (Wildman–Crippen MR) is 97.5 cm³/mol. The summed E-state index contributed by atoms with van der Waals surface area (Å²) in [5, 5.41) is 5.67. The lowest BCUT2D eigenvalue weighted by molar-refractivity contribution is -0.123. The van der Waals surface area contributed by atoms with Gasteiger partial charge in [-0.15, -0.1) is 11.3 Å². The average Bonchev–Trinajstić information content (AvgIpc) is 3.14. The van der Waals surface area contributed by atoms with Crippen LogP contribution in [0.3, 0.4) is 0 Å². The van der Waals surface area contributed by atoms with E-state index in [1.54, 1.807) is 9.80 Å². The lowest BCUT2D eigenvalue weighted by atomic mass is 9.95. The monoisotopic (exact) mass is 343 g/mol. The SMILES string of the molecule is CN(C(=O)C1CCN(C(=O)Nc2cccs2)CC1)c1ccccc1. The fourth-order valence-corrected chi connectivity index (χ4v) is 3.52. The maximum Gasteiger partial charge on any atom is 0.322 e. The van der Waals surface area contributed by atoms with E-state index < -0.39 is 0 Å². The number of benzene rings is 1. The van der Waals surface area contributed by atoms with Crippen molar-refractivity contribution in [1.29, 1.82) is 0 Å². The Balaban J connectivity index is 1.53. The van der Waals surface area contributed by atoms with Crippen molar-refractivity contribution >= 4 is 34.0 Å². The number of thiophene rings is 1. The van der Waals surface area contributed by atoms with E-state index >= 15 is 0 Å². The summed E-state index contributed by atoms with van der Waals surface area (Å²) < 4.78 is 0. The Kier molecular flexibility index (Phi) is 5.15. The average molecular weight is 343 g/mol. The Morgan fingerprint density at radius 3 is 2.46 bits per heavy atom. The molecule has 3 rings (SSSR count). The normalized spacial score (nSPS) is 15.1. The first-order valence-corrected chi connectivity index (χ1v) is 8.95. The van der Waals surface area contributed by atoms with Crippen molar-refractivity contribution in [3.05, 3.63) is 47.8 Å². The third-order valence-corrected chi connectivity index (χ3v) is 5.14. The van der Waals surface area contributed by atoms with Crippen LogP contribution in [0.25, 0.3) is 0 Å². The number of carbonyl (C=O) groups is 2. The molecule has 3 amide bonds. The Hall–Kier alpha value is -2.34. The van der Waals surface area contributed by atoms with E-state index in [4.69, 9.17) is 0 Å². The van der Waals surface area contributed by atoms with Crippen molar-refractivity contribution in [3.8, 4) is 0 Å². The Morgan fingerprint density at radius 1 is 1.12 bits per heavy atom. The Morgan fingerprint density at radius 2 is 1.83 bits per heavy atom. The summed E-state index contributed by atoms with van der Waals surface area (Å²) >= 11 is 1.50. The number of hydrogen-bond donors (Lipinski definition) is 1. The highest BCUT2D eigenvalue weighted by atomic mass is 32.1. The Bertz CT molecular complexity index is 680. The highest BCUT2D eigenvalue weighted by molar-refractivity contribution is 7.14. The number of carbonyl (C=O) groups excluding carboxylic acids is 2. The first-order valence-electron chi connectivity index (χ1n) is 8.07. The lowest BCUT2D eigenvalue weighted by Gasteiger charge is -2.33. The molecule has 24 heavy (non-hydrogen) atoms. The van der Waals surface area contributed by atoms with Gasteiger partial charge < -0.3 is 9.80 Å². The summed E-state index contributed by atoms with van der Waals surface area (Å²) in [7, 11) is 1.81. The third-order valence-electron chi connectivity index (χ3n) is 4.36. The van der Waals surface area contributed by atoms with E-state index in [0.717, 1.165) is 10.7 Å². The van der Waals surface area contributed by atoms with Crippen LogP contribution in [-0.4, -0.2) is 37.0 Å². The predicted octanol–water partition coefficient (Wildman–Crippen LogP) is 3.66. The van der Waals surface area contributed by atoms with Crippen molar-refractivity contribution in [3.63, 3.8) is 0 Å². The molecule has 1 aromatic heterocycles. The second-order valence-electron chi connectivity index (χ2n) is 5.90. The molecular formula is C18H21N3O2S. The number of piperidine rings is 1. The molecule has 0 aliphatic carbocycles. The van der Waals surface area contributed by atoms with Gasteiger partial charge in [-0.1, -0.05) is 18.2 Å². The molecule has 1 aliphatic rings. The minimum atomic E-state index is -0.0836. The number of para-hydroxylation sites is 1. The third kappa shape index (κ3) is 3.76. The van der Waals surface area contributed by atoms with Gasteiger partial charge in [0.25, 0.3) is 0 Å². The van der Waals surface area contributed by atoms with Crippen LogP contribution in [0, 0.1) is 5.92 Å². The second-order valence-corrected chi connectivity index (χ2v) is 6.85. The molecule has 2 heterocycles. The van der Waals surface area contributed by atoms with Crippen LogP contribution in [0.5, 0.6) is 0 Å². The number of amides is 3. The van der Waals surface area contributed by atoms with Crippen LogP contribution in [0.4, 0.5) is 15.5 Å². The van der Waals surface area contributed by atoms with E-state index in [1.165, 1.54) is 11.3 Å². The van der Waals surface area contributed by atoms with Gasteiger partial charge in [0.2, 0.25) is 5.91 Å². The number of urea groups is 1. The summed E-state index contributed by atoms with van der Waals surface area (Å²) in [6.45, 7) is 1.21. The first-order chi connectivity index (χ1) is 11.6. The van der Waals surface area contributed by atoms with Crippen LogP contribution in [-0.2, 0) is 4.79 Å². The first kappa shape index (κ1) is 16.5. The molecule has 0 radical (unpaired) electrons. The molecule has 0 atom stereocenters. The van der Waals surface area contributed by atoms with Crippen molar-refractivity contribution in [2.75, 3.05) is 30.4 Å². The molecule has 126 valence electrons. The molecule has 1 saturated heterocycles. The van der Waals surface area contributed by atoms with Crippen LogP contribution in [0.1, 0.15) is 12.8 Å². The molecule has 1 N–H and O–H groups in total. The van der Waals surface area contributed by atoms with Gasteiger partial charge in [-0.2, -0.15) is 0 Å². The van der Waals surface area contributed by atoms with Gasteiger partial charge in [-0.05, 0) is 42.5 Å². The van der Waals surface area contributed by atoms with E-state index in [1.807, 2.05) is 54.9 Å². The molecule has 0 bridgehead atoms. The van der Waals surface area contributed by atoms with E-state index in [-0.39, 0.29) is 17.9 Å². The molecule has 1 aliphatic heterocycles. The minimum Gasteiger partial charge on any atom is -0.324 e. The van der Waals surface area contributed by atoms with Crippen molar-refractivity contribution < 1.29 is 9.59 Å². The van der Waals surface area contributed by atoms with Crippen LogP contribution < -0.4 is 10.2 Å². The maximum absolute atomic E-state index is 12.6. The molecule has 0 saturated carbocycles. The summed E-state index contributed by atoms with van der Waals surface area (Å²) in [4.78, 5) is 28.4. The number of hydrogen-bond acceptors (Lipinski definition) is 3. The molecule has 1 fully saturated rings. The largest absolute Gasteiger partial charge is 0.324 e. The van der Waals surface area contributed by atoms with Gasteiger partial charge in [0.15, 0.2) is 0 Å². The highest BCUT2D eigenvalue weighted by Gasteiger charge is 2.29. The summed E-state index contributed by atoms with van der Waals surface area (Å²) in [5.41, 5.74) is 0.903. The highest BCUT2D eigenvalue weighted by Crippen LogP contribution is 2.23. The standard InChI is InChI=1S/C18H21N3O2S/c1-20(15-6-3-2-4-7-15)17(22)14-9-11-21(12-10-14)18(23)19-16-8-5-13-24-16/h2-8,13-14H,9-12H2,1H3,(H,19,23). The van der Waals surface area contributed by atoms with Gasteiger partial charge in [-0.3, -0.25) is 10.1 Å². The van der Waals surface area contributed by atoms with Gasteiger partial charge >= 0.3 is 6.03 Å².